The van der Waals surface area contributed by atoms with E-state index in [0.717, 1.165) is 11.3 Å². The summed E-state index contributed by atoms with van der Waals surface area (Å²) < 4.78 is 5.37. The molecule has 0 saturated heterocycles. The first kappa shape index (κ1) is 20.3. The summed E-state index contributed by atoms with van der Waals surface area (Å²) in [5.74, 6) is 0.281. The van der Waals surface area contributed by atoms with Crippen LogP contribution < -0.4 is 15.5 Å². The van der Waals surface area contributed by atoms with Crippen LogP contribution in [-0.2, 0) is 0 Å². The van der Waals surface area contributed by atoms with E-state index in [2.05, 4.69) is 15.8 Å². The Bertz CT molecular complexity index is 995. The van der Waals surface area contributed by atoms with Gasteiger partial charge < -0.3 is 10.1 Å². The van der Waals surface area contributed by atoms with Gasteiger partial charge >= 0.3 is 0 Å². The molecular weight excluding hydrogens is 386 g/mol. The van der Waals surface area contributed by atoms with Crippen molar-refractivity contribution in [2.24, 2.45) is 5.10 Å². The Morgan fingerprint density at radius 2 is 1.66 bits per heavy atom. The molecule has 148 valence electrons. The fourth-order valence-corrected chi connectivity index (χ4v) is 3.15. The lowest BCUT2D eigenvalue weighted by Crippen LogP contribution is -2.19. The summed E-state index contributed by atoms with van der Waals surface area (Å²) in [4.78, 5) is 25.0. The van der Waals surface area contributed by atoms with Crippen molar-refractivity contribution in [1.82, 2.24) is 5.43 Å². The van der Waals surface area contributed by atoms with E-state index in [-0.39, 0.29) is 11.8 Å². The molecule has 0 atom stereocenters. The third-order valence-electron chi connectivity index (χ3n) is 4.06. The predicted molar refractivity (Wildman–Crippen MR) is 116 cm³/mol. The molecule has 0 radical (unpaired) electrons. The van der Waals surface area contributed by atoms with Crippen LogP contribution in [0.4, 0.5) is 5.69 Å². The van der Waals surface area contributed by atoms with Gasteiger partial charge in [0.15, 0.2) is 0 Å². The number of carbonyl (C=O) groups is 2. The highest BCUT2D eigenvalue weighted by atomic mass is 32.1. The van der Waals surface area contributed by atoms with Crippen molar-refractivity contribution < 1.29 is 14.3 Å². The number of nitrogens with zero attached hydrogens (tertiary/aromatic N) is 1. The summed E-state index contributed by atoms with van der Waals surface area (Å²) in [7, 11) is 0. The quantitative estimate of drug-likeness (QED) is 0.445. The first-order chi connectivity index (χ1) is 14.1. The number of benzene rings is 2. The third-order valence-corrected chi connectivity index (χ3v) is 4.93. The molecule has 0 spiro atoms. The van der Waals surface area contributed by atoms with Gasteiger partial charge in [0.05, 0.1) is 17.2 Å². The van der Waals surface area contributed by atoms with E-state index in [1.54, 1.807) is 49.4 Å². The van der Waals surface area contributed by atoms with E-state index < -0.39 is 0 Å². The second-order valence-electron chi connectivity index (χ2n) is 6.10. The number of ether oxygens (including phenoxy) is 1. The average Bonchev–Trinajstić information content (AvgIpc) is 3.28. The normalized spacial score (nSPS) is 11.0. The number of amides is 2. The molecular formula is C22H21N3O3S. The van der Waals surface area contributed by atoms with Gasteiger partial charge in [-0.15, -0.1) is 11.3 Å². The molecule has 0 bridgehead atoms. The molecule has 6 nitrogen and oxygen atoms in total. The molecule has 2 aromatic carbocycles. The molecule has 3 aromatic rings. The maximum absolute atomic E-state index is 12.2. The third kappa shape index (κ3) is 5.52. The number of thiophene rings is 1. The van der Waals surface area contributed by atoms with Gasteiger partial charge in [-0.05, 0) is 67.3 Å². The monoisotopic (exact) mass is 407 g/mol. The van der Waals surface area contributed by atoms with E-state index in [9.17, 15) is 9.59 Å². The minimum Gasteiger partial charge on any atom is -0.494 e. The SMILES string of the molecule is CCOc1ccc(C(=O)NN=C(C)c2ccc(NC(=O)c3cccs3)cc2)cc1. The van der Waals surface area contributed by atoms with Gasteiger partial charge in [-0.3, -0.25) is 9.59 Å². The van der Waals surface area contributed by atoms with Crippen molar-refractivity contribution in [3.05, 3.63) is 82.0 Å². The molecule has 0 fully saturated rings. The molecule has 1 aromatic heterocycles. The highest BCUT2D eigenvalue weighted by Gasteiger charge is 2.08. The summed E-state index contributed by atoms with van der Waals surface area (Å²) in [6.07, 6.45) is 0. The van der Waals surface area contributed by atoms with Crippen molar-refractivity contribution in [3.8, 4) is 5.75 Å². The standard InChI is InChI=1S/C22H21N3O3S/c1-3-28-19-12-8-17(9-13-19)21(26)25-24-15(2)16-6-10-18(11-7-16)23-22(27)20-5-4-14-29-20/h4-14H,3H2,1-2H3,(H,23,27)(H,25,26). The van der Waals surface area contributed by atoms with Crippen molar-refractivity contribution >= 4 is 34.6 Å². The largest absolute Gasteiger partial charge is 0.494 e. The number of hydrogen-bond donors (Lipinski definition) is 2. The first-order valence-corrected chi connectivity index (χ1v) is 9.97. The Balaban J connectivity index is 1.59. The topological polar surface area (TPSA) is 79.8 Å². The minimum absolute atomic E-state index is 0.138. The van der Waals surface area contributed by atoms with Gasteiger partial charge in [-0.2, -0.15) is 5.10 Å². The summed E-state index contributed by atoms with van der Waals surface area (Å²) in [6, 6.07) is 17.8. The first-order valence-electron chi connectivity index (χ1n) is 9.09. The molecule has 0 unspecified atom stereocenters. The van der Waals surface area contributed by atoms with Crippen LogP contribution in [0.1, 0.15) is 39.4 Å². The Morgan fingerprint density at radius 1 is 0.966 bits per heavy atom. The number of nitrogens with one attached hydrogen (secondary N) is 2. The second-order valence-corrected chi connectivity index (χ2v) is 7.05. The van der Waals surface area contributed by atoms with Gasteiger partial charge in [-0.1, -0.05) is 18.2 Å². The number of hydrogen-bond acceptors (Lipinski definition) is 5. The van der Waals surface area contributed by atoms with Gasteiger partial charge in [0.25, 0.3) is 11.8 Å². The average molecular weight is 407 g/mol. The number of hydrazone groups is 1. The molecule has 29 heavy (non-hydrogen) atoms. The zero-order valence-corrected chi connectivity index (χ0v) is 17.0. The lowest BCUT2D eigenvalue weighted by Gasteiger charge is -2.07. The summed E-state index contributed by atoms with van der Waals surface area (Å²) in [5.41, 5.74) is 5.24. The van der Waals surface area contributed by atoms with Crippen LogP contribution in [-0.4, -0.2) is 24.1 Å². The minimum atomic E-state index is -0.299. The highest BCUT2D eigenvalue weighted by molar-refractivity contribution is 7.12. The Hall–Kier alpha value is -3.45. The Kier molecular flexibility index (Phi) is 6.76. The zero-order valence-electron chi connectivity index (χ0n) is 16.1. The molecule has 2 amide bonds. The molecule has 1 heterocycles. The molecule has 0 aliphatic carbocycles. The van der Waals surface area contributed by atoms with Crippen LogP contribution in [0.2, 0.25) is 0 Å². The van der Waals surface area contributed by atoms with Crippen LogP contribution in [0.3, 0.4) is 0 Å². The van der Waals surface area contributed by atoms with Crippen LogP contribution in [0.25, 0.3) is 0 Å². The maximum atomic E-state index is 12.2. The smallest absolute Gasteiger partial charge is 0.271 e. The predicted octanol–water partition coefficient (Wildman–Crippen LogP) is 4.55. The number of anilines is 1. The van der Waals surface area contributed by atoms with Crippen LogP contribution >= 0.6 is 11.3 Å². The van der Waals surface area contributed by atoms with Gasteiger partial charge in [0.2, 0.25) is 0 Å². The fraction of sp³-hybridized carbons (Fsp3) is 0.136. The summed E-state index contributed by atoms with van der Waals surface area (Å²) in [5, 5.41) is 8.87. The van der Waals surface area contributed by atoms with E-state index >= 15 is 0 Å². The maximum Gasteiger partial charge on any atom is 0.271 e. The summed E-state index contributed by atoms with van der Waals surface area (Å²) in [6.45, 7) is 4.28. The van der Waals surface area contributed by atoms with E-state index in [0.29, 0.717) is 28.4 Å². The van der Waals surface area contributed by atoms with Gasteiger partial charge in [0.1, 0.15) is 5.75 Å². The number of rotatable bonds is 7. The van der Waals surface area contributed by atoms with Crippen LogP contribution in [0.15, 0.2) is 71.1 Å². The van der Waals surface area contributed by atoms with Gasteiger partial charge in [0, 0.05) is 11.3 Å². The molecule has 0 aliphatic heterocycles. The van der Waals surface area contributed by atoms with Crippen molar-refractivity contribution in [2.75, 3.05) is 11.9 Å². The van der Waals surface area contributed by atoms with E-state index in [1.165, 1.54) is 11.3 Å². The van der Waals surface area contributed by atoms with Crippen molar-refractivity contribution in [2.45, 2.75) is 13.8 Å². The van der Waals surface area contributed by atoms with Crippen LogP contribution in [0.5, 0.6) is 5.75 Å². The molecule has 0 saturated carbocycles. The van der Waals surface area contributed by atoms with Crippen molar-refractivity contribution in [3.63, 3.8) is 0 Å². The second kappa shape index (κ2) is 9.66. The lowest BCUT2D eigenvalue weighted by molar-refractivity contribution is 0.0954. The zero-order chi connectivity index (χ0) is 20.6. The molecule has 0 aliphatic rings. The fourth-order valence-electron chi connectivity index (χ4n) is 2.53. The van der Waals surface area contributed by atoms with Crippen LogP contribution in [0, 0.1) is 0 Å². The Labute approximate surface area is 173 Å². The molecule has 3 rings (SSSR count). The van der Waals surface area contributed by atoms with Crippen molar-refractivity contribution in [1.29, 1.82) is 0 Å². The Morgan fingerprint density at radius 3 is 2.28 bits per heavy atom. The van der Waals surface area contributed by atoms with E-state index in [4.69, 9.17) is 4.74 Å². The number of carbonyl (C=O) groups excluding carboxylic acids is 2. The summed E-state index contributed by atoms with van der Waals surface area (Å²) >= 11 is 1.39. The lowest BCUT2D eigenvalue weighted by atomic mass is 10.1. The molecule has 2 N–H and O–H groups in total. The molecule has 7 heteroatoms. The van der Waals surface area contributed by atoms with E-state index in [1.807, 2.05) is 30.5 Å². The van der Waals surface area contributed by atoms with Gasteiger partial charge in [-0.25, -0.2) is 5.43 Å². The highest BCUT2D eigenvalue weighted by Crippen LogP contribution is 2.15.